The van der Waals surface area contributed by atoms with Gasteiger partial charge in [0.25, 0.3) is 0 Å². The first kappa shape index (κ1) is 20.6. The largest absolute Gasteiger partial charge is 0.442 e. The van der Waals surface area contributed by atoms with Crippen LogP contribution in [0.15, 0.2) is 24.4 Å². The van der Waals surface area contributed by atoms with Crippen LogP contribution >= 0.6 is 0 Å². The average molecular weight is 427 g/mol. The lowest BCUT2D eigenvalue weighted by Gasteiger charge is -2.33. The van der Waals surface area contributed by atoms with E-state index in [0.717, 1.165) is 12.8 Å². The van der Waals surface area contributed by atoms with Crippen molar-refractivity contribution < 1.29 is 18.7 Å². The predicted molar refractivity (Wildman–Crippen MR) is 108 cm³/mol. The maximum atomic E-state index is 14.9. The number of piperidine rings is 1. The fourth-order valence-electron chi connectivity index (χ4n) is 3.89. The predicted octanol–water partition coefficient (Wildman–Crippen LogP) is 1.59. The molecule has 0 aliphatic carbocycles. The highest BCUT2D eigenvalue weighted by molar-refractivity contribution is 5.90. The highest BCUT2D eigenvalue weighted by atomic mass is 19.1. The molecule has 3 heterocycles. The molecule has 10 nitrogen and oxygen atoms in total. The summed E-state index contributed by atoms with van der Waals surface area (Å²) < 4.78 is 21.8. The van der Waals surface area contributed by atoms with Crippen molar-refractivity contribution in [2.45, 2.75) is 31.9 Å². The van der Waals surface area contributed by atoms with Crippen LogP contribution in [-0.2, 0) is 9.53 Å². The second-order valence-electron chi connectivity index (χ2n) is 7.60. The number of benzene rings is 1. The molecule has 2 saturated heterocycles. The normalized spacial score (nSPS) is 19.3. The molecule has 2 aromatic rings. The summed E-state index contributed by atoms with van der Waals surface area (Å²) in [6.45, 7) is 3.11. The number of hydrogen-bond acceptors (Lipinski definition) is 7. The van der Waals surface area contributed by atoms with E-state index in [0.29, 0.717) is 24.5 Å². The number of carbonyl (C=O) groups is 2. The summed E-state index contributed by atoms with van der Waals surface area (Å²) in [7, 11) is 0. The molecule has 1 atom stereocenters. The van der Waals surface area contributed by atoms with E-state index in [9.17, 15) is 14.0 Å². The molecule has 2 amide bonds. The Bertz CT molecular complexity index is 1030. The standard InChI is InChI=1S/C20H22FN7O3/c1-13(29)23-10-17-12-27(20(30)31-17)16-2-3-19(18(21)8-16)26-6-4-15(5-7-26)28-11-14(9-22)24-25-28/h2-3,8,11,15,17H,4-7,10,12H2,1H3,(H,23,29). The van der Waals surface area contributed by atoms with E-state index in [-0.39, 0.29) is 30.7 Å². The van der Waals surface area contributed by atoms with Crippen molar-refractivity contribution in [3.05, 3.63) is 35.9 Å². The minimum Gasteiger partial charge on any atom is -0.442 e. The number of anilines is 2. The van der Waals surface area contributed by atoms with Gasteiger partial charge < -0.3 is 15.0 Å². The average Bonchev–Trinajstić information content (AvgIpc) is 3.39. The van der Waals surface area contributed by atoms with Gasteiger partial charge in [0.1, 0.15) is 18.0 Å². The molecule has 1 aromatic heterocycles. The topological polar surface area (TPSA) is 116 Å². The summed E-state index contributed by atoms with van der Waals surface area (Å²) in [4.78, 5) is 26.5. The molecule has 2 fully saturated rings. The number of amides is 2. The van der Waals surface area contributed by atoms with Crippen molar-refractivity contribution in [1.82, 2.24) is 20.3 Å². The highest BCUT2D eigenvalue weighted by Crippen LogP contribution is 2.31. The van der Waals surface area contributed by atoms with Crippen molar-refractivity contribution in [2.24, 2.45) is 0 Å². The van der Waals surface area contributed by atoms with Crippen LogP contribution in [0.25, 0.3) is 0 Å². The molecule has 0 bridgehead atoms. The van der Waals surface area contributed by atoms with Crippen LogP contribution in [0, 0.1) is 17.1 Å². The summed E-state index contributed by atoms with van der Waals surface area (Å²) >= 11 is 0. The molecule has 4 rings (SSSR count). The van der Waals surface area contributed by atoms with Crippen molar-refractivity contribution in [3.63, 3.8) is 0 Å². The second-order valence-corrected chi connectivity index (χ2v) is 7.60. The van der Waals surface area contributed by atoms with Gasteiger partial charge in [0, 0.05) is 20.0 Å². The maximum absolute atomic E-state index is 14.9. The Morgan fingerprint density at radius 3 is 2.81 bits per heavy atom. The van der Waals surface area contributed by atoms with Crippen LogP contribution in [0.3, 0.4) is 0 Å². The van der Waals surface area contributed by atoms with E-state index in [2.05, 4.69) is 15.6 Å². The lowest BCUT2D eigenvalue weighted by Crippen LogP contribution is -2.35. The summed E-state index contributed by atoms with van der Waals surface area (Å²) in [6.07, 6.45) is 2.09. The van der Waals surface area contributed by atoms with E-state index >= 15 is 0 Å². The van der Waals surface area contributed by atoms with Crippen LogP contribution in [0.5, 0.6) is 0 Å². The lowest BCUT2D eigenvalue weighted by atomic mass is 10.0. The molecule has 0 saturated carbocycles. The second kappa shape index (κ2) is 8.59. The number of rotatable bonds is 5. The van der Waals surface area contributed by atoms with Crippen LogP contribution in [0.1, 0.15) is 31.5 Å². The number of nitrogens with one attached hydrogen (secondary N) is 1. The van der Waals surface area contributed by atoms with Crippen molar-refractivity contribution >= 4 is 23.4 Å². The van der Waals surface area contributed by atoms with Gasteiger partial charge in [-0.2, -0.15) is 5.26 Å². The van der Waals surface area contributed by atoms with Crippen molar-refractivity contribution in [2.75, 3.05) is 36.0 Å². The molecule has 2 aliphatic heterocycles. The molecule has 11 heteroatoms. The first-order valence-corrected chi connectivity index (χ1v) is 10.0. The summed E-state index contributed by atoms with van der Waals surface area (Å²) in [5.74, 6) is -0.621. The van der Waals surface area contributed by atoms with E-state index in [1.54, 1.807) is 23.0 Å². The number of ether oxygens (including phenoxy) is 1. The lowest BCUT2D eigenvalue weighted by molar-refractivity contribution is -0.119. The van der Waals surface area contributed by atoms with Gasteiger partial charge >= 0.3 is 6.09 Å². The van der Waals surface area contributed by atoms with Gasteiger partial charge in [-0.05, 0) is 31.0 Å². The Labute approximate surface area is 178 Å². The molecule has 2 aliphatic rings. The first-order chi connectivity index (χ1) is 14.9. The Morgan fingerprint density at radius 1 is 1.39 bits per heavy atom. The molecule has 1 aromatic carbocycles. The van der Waals surface area contributed by atoms with E-state index < -0.39 is 18.0 Å². The molecule has 0 spiro atoms. The third-order valence-corrected chi connectivity index (χ3v) is 5.50. The zero-order valence-electron chi connectivity index (χ0n) is 17.0. The third kappa shape index (κ3) is 4.42. The number of nitrogens with zero attached hydrogens (tertiary/aromatic N) is 6. The maximum Gasteiger partial charge on any atom is 0.414 e. The summed E-state index contributed by atoms with van der Waals surface area (Å²) in [5, 5.41) is 19.3. The van der Waals surface area contributed by atoms with Crippen LogP contribution in [0.2, 0.25) is 0 Å². The Morgan fingerprint density at radius 2 is 2.16 bits per heavy atom. The van der Waals surface area contributed by atoms with E-state index in [4.69, 9.17) is 10.00 Å². The van der Waals surface area contributed by atoms with Gasteiger partial charge in [-0.15, -0.1) is 5.10 Å². The minimum absolute atomic E-state index is 0.119. The number of cyclic esters (lactones) is 1. The van der Waals surface area contributed by atoms with Gasteiger partial charge in [-0.3, -0.25) is 9.69 Å². The number of hydrogen-bond donors (Lipinski definition) is 1. The SMILES string of the molecule is CC(=O)NCC1CN(c2ccc(N3CCC(n4cc(C#N)nn4)CC3)c(F)c2)C(=O)O1. The zero-order valence-corrected chi connectivity index (χ0v) is 17.0. The van der Waals surface area contributed by atoms with E-state index in [1.165, 1.54) is 17.9 Å². The van der Waals surface area contributed by atoms with Gasteiger partial charge in [0.2, 0.25) is 5.91 Å². The van der Waals surface area contributed by atoms with Crippen molar-refractivity contribution in [3.8, 4) is 6.07 Å². The van der Waals surface area contributed by atoms with Crippen LogP contribution < -0.4 is 15.1 Å². The van der Waals surface area contributed by atoms with Crippen LogP contribution in [0.4, 0.5) is 20.6 Å². The number of aromatic nitrogens is 3. The number of carbonyl (C=O) groups excluding carboxylic acids is 2. The molecule has 0 radical (unpaired) electrons. The van der Waals surface area contributed by atoms with Crippen molar-refractivity contribution in [1.29, 1.82) is 5.26 Å². The number of nitriles is 1. The molecule has 162 valence electrons. The first-order valence-electron chi connectivity index (χ1n) is 10.0. The minimum atomic E-state index is -0.562. The molecule has 31 heavy (non-hydrogen) atoms. The fourth-order valence-corrected chi connectivity index (χ4v) is 3.89. The Balaban J connectivity index is 1.39. The molecular formula is C20H22FN7O3. The van der Waals surface area contributed by atoms with Gasteiger partial charge in [-0.1, -0.05) is 5.21 Å². The third-order valence-electron chi connectivity index (χ3n) is 5.50. The molecule has 1 unspecified atom stereocenters. The molecular weight excluding hydrogens is 405 g/mol. The smallest absolute Gasteiger partial charge is 0.414 e. The van der Waals surface area contributed by atoms with Gasteiger partial charge in [0.05, 0.1) is 36.7 Å². The van der Waals surface area contributed by atoms with Gasteiger partial charge in [-0.25, -0.2) is 13.9 Å². The quantitative estimate of drug-likeness (QED) is 0.770. The fraction of sp³-hybridized carbons (Fsp3) is 0.450. The summed E-state index contributed by atoms with van der Waals surface area (Å²) in [5.41, 5.74) is 1.17. The summed E-state index contributed by atoms with van der Waals surface area (Å²) in [6, 6.07) is 6.78. The molecule has 1 N–H and O–H groups in total. The zero-order chi connectivity index (χ0) is 22.0. The van der Waals surface area contributed by atoms with E-state index in [1.807, 2.05) is 11.0 Å². The van der Waals surface area contributed by atoms with Crippen LogP contribution in [-0.4, -0.2) is 59.3 Å². The monoisotopic (exact) mass is 427 g/mol. The Hall–Kier alpha value is -3.68. The van der Waals surface area contributed by atoms with Gasteiger partial charge in [0.15, 0.2) is 5.69 Å². The number of halogens is 1. The Kier molecular flexibility index (Phi) is 5.70. The highest BCUT2D eigenvalue weighted by Gasteiger charge is 2.33.